The largest absolute Gasteiger partial charge is 0.508 e. The standard InChI is InChI=1S/C15H24O.C3H4O2.CH4O/c1-2-3-4-5-6-7-8-11-14-12-9-10-13-15(14)16;1-2-3(4)5;1-2/h9-10,12-13,16H,2-8,11H2,1H3;2H,1H2,(H,4,5);2H,1H3. The lowest BCUT2D eigenvalue weighted by atomic mass is 10.0. The van der Waals surface area contributed by atoms with Gasteiger partial charge in [-0.2, -0.15) is 0 Å². The summed E-state index contributed by atoms with van der Waals surface area (Å²) in [6.07, 6.45) is 11.1. The summed E-state index contributed by atoms with van der Waals surface area (Å²) in [5.74, 6) is -0.529. The molecule has 0 spiro atoms. The normalized spacial score (nSPS) is 9.00. The van der Waals surface area contributed by atoms with Crippen molar-refractivity contribution in [3.8, 4) is 5.75 Å². The lowest BCUT2D eigenvalue weighted by Crippen LogP contribution is -1.87. The molecule has 1 rings (SSSR count). The Balaban J connectivity index is 0. The lowest BCUT2D eigenvalue weighted by molar-refractivity contribution is -0.131. The Labute approximate surface area is 140 Å². The lowest BCUT2D eigenvalue weighted by Gasteiger charge is -2.04. The second-order valence-corrected chi connectivity index (χ2v) is 5.04. The summed E-state index contributed by atoms with van der Waals surface area (Å²) in [4.78, 5) is 9.25. The van der Waals surface area contributed by atoms with Gasteiger partial charge < -0.3 is 15.3 Å². The van der Waals surface area contributed by atoms with Crippen LogP contribution in [-0.4, -0.2) is 28.4 Å². The molecule has 4 nitrogen and oxygen atoms in total. The molecular formula is C19H32O4. The molecule has 132 valence electrons. The highest BCUT2D eigenvalue weighted by atomic mass is 16.4. The van der Waals surface area contributed by atoms with Gasteiger partial charge in [0, 0.05) is 13.2 Å². The third-order valence-electron chi connectivity index (χ3n) is 3.22. The van der Waals surface area contributed by atoms with Crippen molar-refractivity contribution in [1.29, 1.82) is 0 Å². The number of benzene rings is 1. The zero-order chi connectivity index (χ0) is 17.9. The van der Waals surface area contributed by atoms with Crippen molar-refractivity contribution >= 4 is 5.97 Å². The third-order valence-corrected chi connectivity index (χ3v) is 3.22. The fourth-order valence-electron chi connectivity index (χ4n) is 1.99. The van der Waals surface area contributed by atoms with E-state index in [4.69, 9.17) is 10.2 Å². The number of phenolic OH excluding ortho intramolecular Hbond substituents is 1. The molecule has 0 bridgehead atoms. The topological polar surface area (TPSA) is 77.8 Å². The maximum Gasteiger partial charge on any atom is 0.327 e. The molecule has 23 heavy (non-hydrogen) atoms. The van der Waals surface area contributed by atoms with Crippen LogP contribution in [0.3, 0.4) is 0 Å². The minimum absolute atomic E-state index is 0.452. The van der Waals surface area contributed by atoms with Crippen LogP contribution in [0.15, 0.2) is 36.9 Å². The smallest absolute Gasteiger partial charge is 0.327 e. The SMILES string of the molecule is C=CC(=O)O.CCCCCCCCCc1ccccc1O.CO. The molecule has 4 heteroatoms. The molecule has 0 heterocycles. The number of carboxylic acids is 1. The number of carbonyl (C=O) groups is 1. The van der Waals surface area contributed by atoms with E-state index in [0.29, 0.717) is 5.75 Å². The fraction of sp³-hybridized carbons (Fsp3) is 0.526. The summed E-state index contributed by atoms with van der Waals surface area (Å²) in [6.45, 7) is 5.21. The first-order chi connectivity index (χ1) is 11.1. The quantitative estimate of drug-likeness (QED) is 0.460. The van der Waals surface area contributed by atoms with E-state index in [9.17, 15) is 9.90 Å². The fourth-order valence-corrected chi connectivity index (χ4v) is 1.99. The molecule has 1 aromatic carbocycles. The molecule has 3 N–H and O–H groups in total. The van der Waals surface area contributed by atoms with E-state index in [-0.39, 0.29) is 0 Å². The number of hydrogen-bond donors (Lipinski definition) is 3. The number of para-hydroxylation sites is 1. The second kappa shape index (κ2) is 18.2. The molecule has 0 aliphatic rings. The van der Waals surface area contributed by atoms with E-state index in [2.05, 4.69) is 13.5 Å². The predicted octanol–water partition coefficient (Wildman–Crippen LogP) is 4.55. The number of aliphatic carboxylic acids is 1. The van der Waals surface area contributed by atoms with Crippen molar-refractivity contribution in [3.63, 3.8) is 0 Å². The van der Waals surface area contributed by atoms with Crippen LogP contribution in [0.5, 0.6) is 5.75 Å². The minimum Gasteiger partial charge on any atom is -0.508 e. The maximum atomic E-state index is 9.58. The van der Waals surface area contributed by atoms with Crippen molar-refractivity contribution in [2.75, 3.05) is 7.11 Å². The summed E-state index contributed by atoms with van der Waals surface area (Å²) >= 11 is 0. The van der Waals surface area contributed by atoms with Crippen molar-refractivity contribution in [2.45, 2.75) is 58.3 Å². The van der Waals surface area contributed by atoms with E-state index in [1.165, 1.54) is 44.9 Å². The number of unbranched alkanes of at least 4 members (excludes halogenated alkanes) is 6. The molecule has 0 saturated carbocycles. The van der Waals surface area contributed by atoms with Gasteiger partial charge in [-0.15, -0.1) is 0 Å². The molecule has 0 aliphatic carbocycles. The van der Waals surface area contributed by atoms with Gasteiger partial charge in [0.25, 0.3) is 0 Å². The first-order valence-electron chi connectivity index (χ1n) is 8.18. The Hall–Kier alpha value is -1.81. The second-order valence-electron chi connectivity index (χ2n) is 5.04. The zero-order valence-corrected chi connectivity index (χ0v) is 14.5. The maximum absolute atomic E-state index is 9.58. The molecule has 0 aliphatic heterocycles. The number of aliphatic hydroxyl groups is 1. The third kappa shape index (κ3) is 16.4. The molecular weight excluding hydrogens is 292 g/mol. The van der Waals surface area contributed by atoms with Crippen molar-refractivity contribution in [2.24, 2.45) is 0 Å². The van der Waals surface area contributed by atoms with Crippen LogP contribution >= 0.6 is 0 Å². The number of carboxylic acid groups (broad SMARTS) is 1. The van der Waals surface area contributed by atoms with Gasteiger partial charge in [-0.25, -0.2) is 4.79 Å². The average Bonchev–Trinajstić information content (AvgIpc) is 2.58. The van der Waals surface area contributed by atoms with E-state index in [0.717, 1.165) is 25.2 Å². The minimum atomic E-state index is -0.981. The Bertz CT molecular complexity index is 402. The number of aromatic hydroxyl groups is 1. The summed E-state index contributed by atoms with van der Waals surface area (Å²) in [5, 5.41) is 24.2. The van der Waals surface area contributed by atoms with Gasteiger partial charge in [-0.1, -0.05) is 70.2 Å². The van der Waals surface area contributed by atoms with Crippen LogP contribution in [0, 0.1) is 0 Å². The van der Waals surface area contributed by atoms with Gasteiger partial charge in [0.15, 0.2) is 0 Å². The van der Waals surface area contributed by atoms with Crippen LogP contribution in [-0.2, 0) is 11.2 Å². The summed E-state index contributed by atoms with van der Waals surface area (Å²) < 4.78 is 0. The number of aryl methyl sites for hydroxylation is 1. The predicted molar refractivity (Wildman–Crippen MR) is 95.8 cm³/mol. The first-order valence-corrected chi connectivity index (χ1v) is 8.18. The van der Waals surface area contributed by atoms with E-state index >= 15 is 0 Å². The van der Waals surface area contributed by atoms with Crippen LogP contribution in [0.4, 0.5) is 0 Å². The summed E-state index contributed by atoms with van der Waals surface area (Å²) in [5.41, 5.74) is 1.09. The Morgan fingerprint density at radius 1 is 1.04 bits per heavy atom. The van der Waals surface area contributed by atoms with Gasteiger partial charge in [0.2, 0.25) is 0 Å². The van der Waals surface area contributed by atoms with Crippen molar-refractivity contribution in [1.82, 2.24) is 0 Å². The van der Waals surface area contributed by atoms with Gasteiger partial charge in [-0.05, 0) is 24.5 Å². The molecule has 0 aromatic heterocycles. The summed E-state index contributed by atoms with van der Waals surface area (Å²) in [7, 11) is 1.00. The van der Waals surface area contributed by atoms with Crippen LogP contribution in [0.2, 0.25) is 0 Å². The van der Waals surface area contributed by atoms with Gasteiger partial charge in [-0.3, -0.25) is 0 Å². The van der Waals surface area contributed by atoms with E-state index in [1.54, 1.807) is 6.07 Å². The van der Waals surface area contributed by atoms with Crippen LogP contribution in [0.25, 0.3) is 0 Å². The average molecular weight is 324 g/mol. The zero-order valence-electron chi connectivity index (χ0n) is 14.5. The number of rotatable bonds is 9. The monoisotopic (exact) mass is 324 g/mol. The summed E-state index contributed by atoms with van der Waals surface area (Å²) in [6, 6.07) is 7.67. The Morgan fingerprint density at radius 2 is 1.52 bits per heavy atom. The Kier molecular flexibility index (Phi) is 18.6. The molecule has 0 amide bonds. The highest BCUT2D eigenvalue weighted by Crippen LogP contribution is 2.18. The highest BCUT2D eigenvalue weighted by Gasteiger charge is 1.98. The van der Waals surface area contributed by atoms with E-state index < -0.39 is 5.97 Å². The molecule has 0 atom stereocenters. The number of aliphatic hydroxyl groups excluding tert-OH is 1. The molecule has 0 fully saturated rings. The van der Waals surface area contributed by atoms with Crippen LogP contribution < -0.4 is 0 Å². The van der Waals surface area contributed by atoms with Crippen molar-refractivity contribution in [3.05, 3.63) is 42.5 Å². The molecule has 0 saturated heterocycles. The van der Waals surface area contributed by atoms with Gasteiger partial charge in [0.05, 0.1) is 0 Å². The number of hydrogen-bond acceptors (Lipinski definition) is 3. The molecule has 0 unspecified atom stereocenters. The van der Waals surface area contributed by atoms with Crippen molar-refractivity contribution < 1.29 is 20.1 Å². The number of phenols is 1. The Morgan fingerprint density at radius 3 is 2.00 bits per heavy atom. The molecule has 1 aromatic rings. The first kappa shape index (κ1) is 23.5. The van der Waals surface area contributed by atoms with Gasteiger partial charge >= 0.3 is 5.97 Å². The molecule has 0 radical (unpaired) electrons. The van der Waals surface area contributed by atoms with E-state index in [1.807, 2.05) is 18.2 Å². The van der Waals surface area contributed by atoms with Gasteiger partial charge in [0.1, 0.15) is 5.75 Å². The highest BCUT2D eigenvalue weighted by molar-refractivity contribution is 5.78. The van der Waals surface area contributed by atoms with Crippen LogP contribution in [0.1, 0.15) is 57.4 Å².